The van der Waals surface area contributed by atoms with Crippen LogP contribution in [0, 0.1) is 0 Å². The maximum atomic E-state index is 9.13. The highest BCUT2D eigenvalue weighted by molar-refractivity contribution is 4.69. The van der Waals surface area contributed by atoms with Gasteiger partial charge in [0.1, 0.15) is 0 Å². The van der Waals surface area contributed by atoms with Gasteiger partial charge in [-0.2, -0.15) is 0 Å². The second-order valence-electron chi connectivity index (χ2n) is 4.37. The lowest BCUT2D eigenvalue weighted by Crippen LogP contribution is -2.30. The van der Waals surface area contributed by atoms with E-state index in [1.807, 2.05) is 34.6 Å². The van der Waals surface area contributed by atoms with Crippen LogP contribution < -0.4 is 0 Å². The molecule has 0 spiro atoms. The maximum Gasteiger partial charge on any atom is 0.0877 e. The standard InChI is InChI=1S/C6H14O2.C6H14O/c1-4-6(2,5-7)8-3;1-4-6(3,7)5-2/h7H,4-5H2,1-3H3;7H,4-5H2,1-3H3. The van der Waals surface area contributed by atoms with E-state index >= 15 is 0 Å². The van der Waals surface area contributed by atoms with Gasteiger partial charge in [-0.05, 0) is 33.1 Å². The fraction of sp³-hybridized carbons (Fsp3) is 1.00. The number of ether oxygens (including phenoxy) is 1. The molecule has 0 aromatic rings. The number of hydrogen-bond donors (Lipinski definition) is 2. The van der Waals surface area contributed by atoms with E-state index in [1.165, 1.54) is 0 Å². The molecule has 94 valence electrons. The van der Waals surface area contributed by atoms with Crippen molar-refractivity contribution in [2.45, 2.75) is 65.1 Å². The Labute approximate surface area is 94.5 Å². The van der Waals surface area contributed by atoms with E-state index in [4.69, 9.17) is 14.9 Å². The van der Waals surface area contributed by atoms with Crippen molar-refractivity contribution in [3.8, 4) is 0 Å². The van der Waals surface area contributed by atoms with Crippen LogP contribution in [0.3, 0.4) is 0 Å². The predicted octanol–water partition coefficient (Wildman–Crippen LogP) is 2.35. The van der Waals surface area contributed by atoms with Crippen molar-refractivity contribution in [1.82, 2.24) is 0 Å². The molecule has 0 rings (SSSR count). The molecule has 0 saturated carbocycles. The minimum atomic E-state index is -0.417. The summed E-state index contributed by atoms with van der Waals surface area (Å²) in [6.45, 7) is 9.80. The summed E-state index contributed by atoms with van der Waals surface area (Å²) in [4.78, 5) is 0. The molecule has 0 aliphatic heterocycles. The van der Waals surface area contributed by atoms with Crippen molar-refractivity contribution in [2.75, 3.05) is 13.7 Å². The molecule has 1 unspecified atom stereocenters. The molecule has 15 heavy (non-hydrogen) atoms. The van der Waals surface area contributed by atoms with Gasteiger partial charge < -0.3 is 14.9 Å². The average molecular weight is 220 g/mol. The summed E-state index contributed by atoms with van der Waals surface area (Å²) < 4.78 is 4.99. The predicted molar refractivity (Wildman–Crippen MR) is 64.0 cm³/mol. The summed E-state index contributed by atoms with van der Waals surface area (Å²) in [5, 5.41) is 17.8. The first-order valence-corrected chi connectivity index (χ1v) is 5.69. The third-order valence-electron chi connectivity index (χ3n) is 3.10. The van der Waals surface area contributed by atoms with Gasteiger partial charge in [0.15, 0.2) is 0 Å². The summed E-state index contributed by atoms with van der Waals surface area (Å²) in [5.74, 6) is 0. The third-order valence-corrected chi connectivity index (χ3v) is 3.10. The van der Waals surface area contributed by atoms with Gasteiger partial charge >= 0.3 is 0 Å². The Bertz CT molecular complexity index is 126. The smallest absolute Gasteiger partial charge is 0.0877 e. The van der Waals surface area contributed by atoms with E-state index < -0.39 is 5.60 Å². The first kappa shape index (κ1) is 17.3. The van der Waals surface area contributed by atoms with Crippen LogP contribution in [-0.4, -0.2) is 35.1 Å². The number of aliphatic hydroxyl groups excluding tert-OH is 1. The minimum absolute atomic E-state index is 0.0972. The van der Waals surface area contributed by atoms with Crippen molar-refractivity contribution in [1.29, 1.82) is 0 Å². The highest BCUT2D eigenvalue weighted by atomic mass is 16.5. The number of methoxy groups -OCH3 is 1. The summed E-state index contributed by atoms with van der Waals surface area (Å²) in [6, 6.07) is 0. The lowest BCUT2D eigenvalue weighted by atomic mass is 10.0. The molecular weight excluding hydrogens is 192 g/mol. The van der Waals surface area contributed by atoms with Crippen molar-refractivity contribution in [2.24, 2.45) is 0 Å². The molecule has 0 saturated heterocycles. The molecule has 0 aromatic heterocycles. The normalized spacial score (nSPS) is 15.2. The van der Waals surface area contributed by atoms with Gasteiger partial charge in [-0.3, -0.25) is 0 Å². The zero-order chi connectivity index (χ0) is 12.5. The van der Waals surface area contributed by atoms with Gasteiger partial charge in [0.2, 0.25) is 0 Å². The number of hydrogen-bond acceptors (Lipinski definition) is 3. The van der Waals surface area contributed by atoms with E-state index in [2.05, 4.69) is 0 Å². The second kappa shape index (κ2) is 8.08. The van der Waals surface area contributed by atoms with E-state index in [1.54, 1.807) is 7.11 Å². The minimum Gasteiger partial charge on any atom is -0.393 e. The molecule has 3 heteroatoms. The summed E-state index contributed by atoms with van der Waals surface area (Å²) in [5.41, 5.74) is -0.736. The molecule has 0 fully saturated rings. The molecule has 3 nitrogen and oxygen atoms in total. The van der Waals surface area contributed by atoms with Gasteiger partial charge in [0.25, 0.3) is 0 Å². The maximum absolute atomic E-state index is 9.13. The molecule has 0 aromatic carbocycles. The van der Waals surface area contributed by atoms with Gasteiger partial charge in [0.05, 0.1) is 17.8 Å². The van der Waals surface area contributed by atoms with Crippen LogP contribution in [0.1, 0.15) is 53.9 Å². The average Bonchev–Trinajstić information content (AvgIpc) is 2.29. The van der Waals surface area contributed by atoms with Crippen molar-refractivity contribution in [3.05, 3.63) is 0 Å². The summed E-state index contributed by atoms with van der Waals surface area (Å²) >= 11 is 0. The number of rotatable bonds is 5. The van der Waals surface area contributed by atoms with Crippen molar-refractivity contribution < 1.29 is 14.9 Å². The Morgan fingerprint density at radius 3 is 1.40 bits per heavy atom. The summed E-state index contributed by atoms with van der Waals surface area (Å²) in [6.07, 6.45) is 2.55. The first-order chi connectivity index (χ1) is 6.80. The fourth-order valence-electron chi connectivity index (χ4n) is 0.571. The van der Waals surface area contributed by atoms with E-state index in [0.717, 1.165) is 19.3 Å². The van der Waals surface area contributed by atoms with Gasteiger partial charge in [0, 0.05) is 7.11 Å². The second-order valence-corrected chi connectivity index (χ2v) is 4.37. The SMILES string of the molecule is CCC(C)(CO)OC.CCC(C)(O)CC. The van der Waals surface area contributed by atoms with Crippen LogP contribution in [0.2, 0.25) is 0 Å². The highest BCUT2D eigenvalue weighted by Crippen LogP contribution is 2.11. The van der Waals surface area contributed by atoms with Gasteiger partial charge in [-0.25, -0.2) is 0 Å². The fourth-order valence-corrected chi connectivity index (χ4v) is 0.571. The topological polar surface area (TPSA) is 49.7 Å². The highest BCUT2D eigenvalue weighted by Gasteiger charge is 2.18. The third kappa shape index (κ3) is 8.85. The Morgan fingerprint density at radius 2 is 1.40 bits per heavy atom. The van der Waals surface area contributed by atoms with E-state index in [-0.39, 0.29) is 12.2 Å². The van der Waals surface area contributed by atoms with Crippen molar-refractivity contribution >= 4 is 0 Å². The number of aliphatic hydroxyl groups is 2. The molecular formula is C12H28O3. The quantitative estimate of drug-likeness (QED) is 0.747. The largest absolute Gasteiger partial charge is 0.393 e. The van der Waals surface area contributed by atoms with Gasteiger partial charge in [-0.15, -0.1) is 0 Å². The van der Waals surface area contributed by atoms with E-state index in [0.29, 0.717) is 0 Å². The molecule has 0 heterocycles. The Kier molecular flexibility index (Phi) is 9.31. The Balaban J connectivity index is 0. The monoisotopic (exact) mass is 220 g/mol. The van der Waals surface area contributed by atoms with Crippen LogP contribution in [-0.2, 0) is 4.74 Å². The zero-order valence-electron chi connectivity index (χ0n) is 11.1. The molecule has 1 atom stereocenters. The van der Waals surface area contributed by atoms with E-state index in [9.17, 15) is 0 Å². The molecule has 0 aliphatic carbocycles. The Morgan fingerprint density at radius 1 is 1.00 bits per heavy atom. The van der Waals surface area contributed by atoms with Crippen LogP contribution in [0.15, 0.2) is 0 Å². The summed E-state index contributed by atoms with van der Waals surface area (Å²) in [7, 11) is 1.61. The molecule has 2 N–H and O–H groups in total. The first-order valence-electron chi connectivity index (χ1n) is 5.69. The van der Waals surface area contributed by atoms with Crippen LogP contribution in [0.5, 0.6) is 0 Å². The lowest BCUT2D eigenvalue weighted by Gasteiger charge is -2.22. The zero-order valence-corrected chi connectivity index (χ0v) is 11.1. The van der Waals surface area contributed by atoms with Crippen LogP contribution in [0.25, 0.3) is 0 Å². The molecule has 0 bridgehead atoms. The Hall–Kier alpha value is -0.120. The molecule has 0 aliphatic rings. The molecule has 0 radical (unpaired) electrons. The van der Waals surface area contributed by atoms with Crippen LogP contribution >= 0.6 is 0 Å². The van der Waals surface area contributed by atoms with Gasteiger partial charge in [-0.1, -0.05) is 20.8 Å². The van der Waals surface area contributed by atoms with Crippen LogP contribution in [0.4, 0.5) is 0 Å². The molecule has 0 amide bonds. The lowest BCUT2D eigenvalue weighted by molar-refractivity contribution is -0.0398. The van der Waals surface area contributed by atoms with Crippen molar-refractivity contribution in [3.63, 3.8) is 0 Å².